The molecule has 0 saturated carbocycles. The Morgan fingerprint density at radius 1 is 0.500 bits per heavy atom. The van der Waals surface area contributed by atoms with Crippen LogP contribution >= 0.6 is 0 Å². The quantitative estimate of drug-likeness (QED) is 0.487. The highest BCUT2D eigenvalue weighted by Gasteiger charge is 2.26. The summed E-state index contributed by atoms with van der Waals surface area (Å²) in [6.45, 7) is 0. The molecule has 94 valence electrons. The van der Waals surface area contributed by atoms with Crippen LogP contribution in [0, 0.1) is 0 Å². The molecule has 0 atom stereocenters. The molecule has 0 N–H and O–H groups in total. The van der Waals surface area contributed by atoms with Crippen molar-refractivity contribution in [1.29, 1.82) is 0 Å². The third kappa shape index (κ3) is 1.53. The van der Waals surface area contributed by atoms with Crippen molar-refractivity contribution in [3.05, 3.63) is 83.9 Å². The van der Waals surface area contributed by atoms with Gasteiger partial charge in [-0.25, -0.2) is 0 Å². The van der Waals surface area contributed by atoms with Crippen molar-refractivity contribution >= 4 is 5.78 Å². The normalized spacial score (nSPS) is 12.1. The smallest absolute Gasteiger partial charge is 0.194 e. The maximum absolute atomic E-state index is 12.3. The Morgan fingerprint density at radius 3 is 1.95 bits per heavy atom. The number of hydrogen-bond acceptors (Lipinski definition) is 1. The van der Waals surface area contributed by atoms with Crippen molar-refractivity contribution in [2.45, 2.75) is 0 Å². The number of rotatable bonds is 1. The van der Waals surface area contributed by atoms with E-state index in [9.17, 15) is 4.79 Å². The average molecular weight is 256 g/mol. The summed E-state index contributed by atoms with van der Waals surface area (Å²) in [7, 11) is 0. The van der Waals surface area contributed by atoms with Crippen molar-refractivity contribution < 1.29 is 4.79 Å². The van der Waals surface area contributed by atoms with Crippen LogP contribution in [0.5, 0.6) is 0 Å². The van der Waals surface area contributed by atoms with E-state index in [1.807, 2.05) is 54.6 Å². The fourth-order valence-electron chi connectivity index (χ4n) is 2.84. The SMILES string of the molecule is O=C1c2ccccc2-c2cc(-c3ccccc3)ccc21. The minimum absolute atomic E-state index is 0.134. The lowest BCUT2D eigenvalue weighted by Gasteiger charge is -2.05. The van der Waals surface area contributed by atoms with Gasteiger partial charge in [-0.15, -0.1) is 0 Å². The van der Waals surface area contributed by atoms with Crippen molar-refractivity contribution in [2.75, 3.05) is 0 Å². The summed E-state index contributed by atoms with van der Waals surface area (Å²) in [5, 5.41) is 0. The van der Waals surface area contributed by atoms with Crippen LogP contribution < -0.4 is 0 Å². The third-order valence-corrected chi connectivity index (χ3v) is 3.83. The second kappa shape index (κ2) is 4.17. The van der Waals surface area contributed by atoms with E-state index < -0.39 is 0 Å². The molecule has 3 aromatic carbocycles. The van der Waals surface area contributed by atoms with Crippen LogP contribution in [0.3, 0.4) is 0 Å². The second-order valence-electron chi connectivity index (χ2n) is 5.00. The van der Waals surface area contributed by atoms with Gasteiger partial charge in [-0.2, -0.15) is 0 Å². The highest BCUT2D eigenvalue weighted by molar-refractivity contribution is 6.22. The molecule has 0 aromatic heterocycles. The van der Waals surface area contributed by atoms with E-state index in [0.717, 1.165) is 27.8 Å². The first-order chi connectivity index (χ1) is 9.84. The first-order valence-corrected chi connectivity index (χ1v) is 6.68. The third-order valence-electron chi connectivity index (χ3n) is 3.83. The molecule has 0 amide bonds. The van der Waals surface area contributed by atoms with E-state index in [2.05, 4.69) is 18.2 Å². The minimum Gasteiger partial charge on any atom is -0.289 e. The number of hydrogen-bond donors (Lipinski definition) is 0. The van der Waals surface area contributed by atoms with Crippen molar-refractivity contribution in [1.82, 2.24) is 0 Å². The highest BCUT2D eigenvalue weighted by Crippen LogP contribution is 2.38. The molecule has 0 spiro atoms. The summed E-state index contributed by atoms with van der Waals surface area (Å²) in [5.74, 6) is 0.134. The van der Waals surface area contributed by atoms with Crippen LogP contribution in [0.15, 0.2) is 72.8 Å². The molecule has 1 aliphatic carbocycles. The Labute approximate surface area is 117 Å². The molecule has 1 aliphatic rings. The molecule has 20 heavy (non-hydrogen) atoms. The van der Waals surface area contributed by atoms with E-state index >= 15 is 0 Å². The molecule has 0 saturated heterocycles. The molecular weight excluding hydrogens is 244 g/mol. The first kappa shape index (κ1) is 11.2. The molecule has 0 unspecified atom stereocenters. The van der Waals surface area contributed by atoms with Gasteiger partial charge in [0.1, 0.15) is 0 Å². The van der Waals surface area contributed by atoms with E-state index in [-0.39, 0.29) is 5.78 Å². The highest BCUT2D eigenvalue weighted by atomic mass is 16.1. The van der Waals surface area contributed by atoms with Crippen molar-refractivity contribution in [3.8, 4) is 22.3 Å². The zero-order chi connectivity index (χ0) is 13.5. The minimum atomic E-state index is 0.134. The number of carbonyl (C=O) groups excluding carboxylic acids is 1. The summed E-state index contributed by atoms with van der Waals surface area (Å²) < 4.78 is 0. The number of fused-ring (bicyclic) bond motifs is 3. The maximum Gasteiger partial charge on any atom is 0.194 e. The topological polar surface area (TPSA) is 17.1 Å². The Bertz CT molecular complexity index is 816. The molecule has 1 nitrogen and oxygen atoms in total. The van der Waals surface area contributed by atoms with E-state index in [0.29, 0.717) is 0 Å². The van der Waals surface area contributed by atoms with Gasteiger partial charge in [0, 0.05) is 11.1 Å². The van der Waals surface area contributed by atoms with Crippen molar-refractivity contribution in [2.24, 2.45) is 0 Å². The Morgan fingerprint density at radius 2 is 1.15 bits per heavy atom. The summed E-state index contributed by atoms with van der Waals surface area (Å²) >= 11 is 0. The second-order valence-corrected chi connectivity index (χ2v) is 5.00. The molecule has 0 aliphatic heterocycles. The molecule has 0 bridgehead atoms. The fourth-order valence-corrected chi connectivity index (χ4v) is 2.84. The lowest BCUT2D eigenvalue weighted by atomic mass is 9.99. The van der Waals surface area contributed by atoms with Gasteiger partial charge in [-0.3, -0.25) is 4.79 Å². The van der Waals surface area contributed by atoms with Gasteiger partial charge in [0.05, 0.1) is 0 Å². The zero-order valence-electron chi connectivity index (χ0n) is 10.8. The number of benzene rings is 3. The van der Waals surface area contributed by atoms with Crippen LogP contribution in [-0.4, -0.2) is 5.78 Å². The summed E-state index contributed by atoms with van der Waals surface area (Å²) in [4.78, 5) is 12.3. The summed E-state index contributed by atoms with van der Waals surface area (Å²) in [5.41, 5.74) is 6.04. The molecule has 0 heterocycles. The summed E-state index contributed by atoms with van der Waals surface area (Å²) in [6, 6.07) is 24.2. The molecule has 0 fully saturated rings. The maximum atomic E-state index is 12.3. The van der Waals surface area contributed by atoms with Gasteiger partial charge in [0.15, 0.2) is 5.78 Å². The lowest BCUT2D eigenvalue weighted by Crippen LogP contribution is -1.94. The van der Waals surface area contributed by atoms with Gasteiger partial charge in [-0.1, -0.05) is 60.7 Å². The van der Waals surface area contributed by atoms with E-state index in [4.69, 9.17) is 0 Å². The van der Waals surface area contributed by atoms with Crippen LogP contribution in [0.1, 0.15) is 15.9 Å². The molecule has 3 aromatic rings. The van der Waals surface area contributed by atoms with E-state index in [1.165, 1.54) is 5.56 Å². The van der Waals surface area contributed by atoms with Crippen LogP contribution in [-0.2, 0) is 0 Å². The Kier molecular flexibility index (Phi) is 2.33. The Balaban J connectivity index is 1.94. The van der Waals surface area contributed by atoms with Gasteiger partial charge >= 0.3 is 0 Å². The largest absolute Gasteiger partial charge is 0.289 e. The zero-order valence-corrected chi connectivity index (χ0v) is 10.8. The molecule has 4 rings (SSSR count). The molecular formula is C19H12O. The average Bonchev–Trinajstić information content (AvgIpc) is 2.81. The standard InChI is InChI=1S/C19H12O/c20-19-16-9-5-4-8-15(16)18-12-14(10-11-17(18)19)13-6-2-1-3-7-13/h1-12H. The van der Waals surface area contributed by atoms with Gasteiger partial charge in [-0.05, 0) is 34.4 Å². The first-order valence-electron chi connectivity index (χ1n) is 6.68. The molecule has 0 radical (unpaired) electrons. The Hall–Kier alpha value is -2.67. The van der Waals surface area contributed by atoms with Crippen LogP contribution in [0.25, 0.3) is 22.3 Å². The van der Waals surface area contributed by atoms with E-state index in [1.54, 1.807) is 0 Å². The monoisotopic (exact) mass is 256 g/mol. The van der Waals surface area contributed by atoms with Gasteiger partial charge in [0.25, 0.3) is 0 Å². The fraction of sp³-hybridized carbons (Fsp3) is 0. The molecule has 1 heteroatoms. The number of carbonyl (C=O) groups is 1. The predicted molar refractivity (Wildman–Crippen MR) is 80.7 cm³/mol. The van der Waals surface area contributed by atoms with Crippen molar-refractivity contribution in [3.63, 3.8) is 0 Å². The number of ketones is 1. The lowest BCUT2D eigenvalue weighted by molar-refractivity contribution is 0.104. The predicted octanol–water partition coefficient (Wildman–Crippen LogP) is 4.57. The van der Waals surface area contributed by atoms with Crippen LogP contribution in [0.4, 0.5) is 0 Å². The van der Waals surface area contributed by atoms with Crippen LogP contribution in [0.2, 0.25) is 0 Å². The van der Waals surface area contributed by atoms with Gasteiger partial charge < -0.3 is 0 Å². The van der Waals surface area contributed by atoms with Gasteiger partial charge in [0.2, 0.25) is 0 Å². The summed E-state index contributed by atoms with van der Waals surface area (Å²) in [6.07, 6.45) is 0.